The second kappa shape index (κ2) is 4.05. The van der Waals surface area contributed by atoms with E-state index < -0.39 is 0 Å². The number of hydrogen-bond acceptors (Lipinski definition) is 3. The Kier molecular flexibility index (Phi) is 2.77. The summed E-state index contributed by atoms with van der Waals surface area (Å²) in [4.78, 5) is 6.51. The fourth-order valence-corrected chi connectivity index (χ4v) is 2.00. The molecule has 2 rings (SSSR count). The van der Waals surface area contributed by atoms with Crippen LogP contribution < -0.4 is 10.6 Å². The summed E-state index contributed by atoms with van der Waals surface area (Å²) in [5.41, 5.74) is 6.40. The molecule has 76 valence electrons. The van der Waals surface area contributed by atoms with E-state index in [2.05, 4.69) is 9.88 Å². The Hall–Kier alpha value is -0.960. The number of pyridine rings is 1. The number of nitrogens with zero attached hydrogens (tertiary/aromatic N) is 2. The number of hydrogen-bond donors (Lipinski definition) is 1. The minimum absolute atomic E-state index is 0.477. The van der Waals surface area contributed by atoms with Crippen LogP contribution in [0.4, 0.5) is 11.5 Å². The molecule has 1 aliphatic rings. The summed E-state index contributed by atoms with van der Waals surface area (Å²) in [6, 6.07) is 3.56. The van der Waals surface area contributed by atoms with Crippen LogP contribution in [0.25, 0.3) is 0 Å². The summed E-state index contributed by atoms with van der Waals surface area (Å²) in [6.07, 6.45) is 3.77. The van der Waals surface area contributed by atoms with E-state index in [0.29, 0.717) is 10.8 Å². The smallest absolute Gasteiger partial charge is 0.133 e. The van der Waals surface area contributed by atoms with Crippen molar-refractivity contribution < 1.29 is 0 Å². The molecule has 0 bridgehead atoms. The second-order valence-corrected chi connectivity index (χ2v) is 4.02. The highest BCUT2D eigenvalue weighted by Crippen LogP contribution is 2.22. The molecule has 1 aromatic rings. The van der Waals surface area contributed by atoms with E-state index in [1.54, 1.807) is 6.07 Å². The third-order valence-corrected chi connectivity index (χ3v) is 2.68. The van der Waals surface area contributed by atoms with Gasteiger partial charge in [0.2, 0.25) is 0 Å². The maximum Gasteiger partial charge on any atom is 0.133 e. The molecule has 0 unspecified atom stereocenters. The third-order valence-electron chi connectivity index (χ3n) is 2.48. The summed E-state index contributed by atoms with van der Waals surface area (Å²) in [6.45, 7) is 2.12. The molecule has 3 nitrogen and oxygen atoms in total. The average Bonchev–Trinajstić information content (AvgIpc) is 2.18. The fourth-order valence-electron chi connectivity index (χ4n) is 1.79. The van der Waals surface area contributed by atoms with Crippen LogP contribution in [0, 0.1) is 0 Å². The fraction of sp³-hybridized carbons (Fsp3) is 0.500. The van der Waals surface area contributed by atoms with E-state index >= 15 is 0 Å². The van der Waals surface area contributed by atoms with Gasteiger partial charge in [-0.1, -0.05) is 11.6 Å². The van der Waals surface area contributed by atoms with Gasteiger partial charge in [-0.3, -0.25) is 0 Å². The summed E-state index contributed by atoms with van der Waals surface area (Å²) >= 11 is 5.85. The first-order valence-electron chi connectivity index (χ1n) is 4.94. The van der Waals surface area contributed by atoms with Crippen molar-refractivity contribution in [1.29, 1.82) is 0 Å². The van der Waals surface area contributed by atoms with E-state index in [1.165, 1.54) is 19.3 Å². The molecule has 2 N–H and O–H groups in total. The molecule has 4 heteroatoms. The number of rotatable bonds is 1. The average molecular weight is 212 g/mol. The molecule has 1 aromatic heterocycles. The predicted octanol–water partition coefficient (Wildman–Crippen LogP) is 2.31. The lowest BCUT2D eigenvalue weighted by Gasteiger charge is -2.27. The minimum Gasteiger partial charge on any atom is -0.399 e. The number of anilines is 2. The molecule has 1 fully saturated rings. The normalized spacial score (nSPS) is 17.1. The SMILES string of the molecule is Nc1cc(Cl)nc(N2CCCCC2)c1. The topological polar surface area (TPSA) is 42.1 Å². The molecule has 1 aliphatic heterocycles. The van der Waals surface area contributed by atoms with Crippen molar-refractivity contribution in [2.75, 3.05) is 23.7 Å². The van der Waals surface area contributed by atoms with Crippen LogP contribution in [0.1, 0.15) is 19.3 Å². The van der Waals surface area contributed by atoms with Crippen LogP contribution in [0.15, 0.2) is 12.1 Å². The van der Waals surface area contributed by atoms with Crippen LogP contribution in [0.2, 0.25) is 5.15 Å². The molecule has 0 spiro atoms. The van der Waals surface area contributed by atoms with Gasteiger partial charge in [0, 0.05) is 24.8 Å². The van der Waals surface area contributed by atoms with Crippen molar-refractivity contribution in [3.63, 3.8) is 0 Å². The zero-order valence-electron chi connectivity index (χ0n) is 8.04. The van der Waals surface area contributed by atoms with E-state index in [9.17, 15) is 0 Å². The molecule has 2 heterocycles. The molecular formula is C10H14ClN3. The first kappa shape index (κ1) is 9.59. The second-order valence-electron chi connectivity index (χ2n) is 3.63. The molecule has 0 aromatic carbocycles. The number of nitrogens with two attached hydrogens (primary N) is 1. The van der Waals surface area contributed by atoms with Crippen molar-refractivity contribution in [3.05, 3.63) is 17.3 Å². The van der Waals surface area contributed by atoms with Gasteiger partial charge in [-0.25, -0.2) is 4.98 Å². The quantitative estimate of drug-likeness (QED) is 0.725. The molecule has 0 radical (unpaired) electrons. The van der Waals surface area contributed by atoms with Gasteiger partial charge in [0.25, 0.3) is 0 Å². The molecule has 0 aliphatic carbocycles. The Balaban J connectivity index is 2.21. The maximum atomic E-state index is 5.85. The first-order valence-corrected chi connectivity index (χ1v) is 5.31. The number of piperidine rings is 1. The van der Waals surface area contributed by atoms with Crippen LogP contribution in [0.3, 0.4) is 0 Å². The van der Waals surface area contributed by atoms with Gasteiger partial charge >= 0.3 is 0 Å². The van der Waals surface area contributed by atoms with Crippen molar-refractivity contribution in [1.82, 2.24) is 4.98 Å². The van der Waals surface area contributed by atoms with Gasteiger partial charge in [0.1, 0.15) is 11.0 Å². The van der Waals surface area contributed by atoms with Crippen molar-refractivity contribution >= 4 is 23.1 Å². The molecule has 14 heavy (non-hydrogen) atoms. The Labute approximate surface area is 88.9 Å². The molecule has 0 amide bonds. The summed E-state index contributed by atoms with van der Waals surface area (Å²) in [5.74, 6) is 0.912. The molecule has 0 atom stereocenters. The van der Waals surface area contributed by atoms with E-state index in [-0.39, 0.29) is 0 Å². The predicted molar refractivity (Wildman–Crippen MR) is 59.7 cm³/mol. The Morgan fingerprint density at radius 2 is 1.93 bits per heavy atom. The van der Waals surface area contributed by atoms with Crippen LogP contribution in [-0.2, 0) is 0 Å². The zero-order valence-corrected chi connectivity index (χ0v) is 8.80. The van der Waals surface area contributed by atoms with Crippen LogP contribution in [0.5, 0.6) is 0 Å². The van der Waals surface area contributed by atoms with Gasteiger partial charge in [-0.2, -0.15) is 0 Å². The molecule has 0 saturated carbocycles. The van der Waals surface area contributed by atoms with Gasteiger partial charge in [0.15, 0.2) is 0 Å². The number of halogens is 1. The van der Waals surface area contributed by atoms with Crippen molar-refractivity contribution in [2.24, 2.45) is 0 Å². The summed E-state index contributed by atoms with van der Waals surface area (Å²) in [5, 5.41) is 0.477. The zero-order chi connectivity index (χ0) is 9.97. The maximum absolute atomic E-state index is 5.85. The van der Waals surface area contributed by atoms with Crippen molar-refractivity contribution in [3.8, 4) is 0 Å². The van der Waals surface area contributed by atoms with E-state index in [4.69, 9.17) is 17.3 Å². The van der Waals surface area contributed by atoms with Crippen LogP contribution in [-0.4, -0.2) is 18.1 Å². The van der Waals surface area contributed by atoms with Crippen molar-refractivity contribution in [2.45, 2.75) is 19.3 Å². The lowest BCUT2D eigenvalue weighted by atomic mass is 10.1. The highest BCUT2D eigenvalue weighted by Gasteiger charge is 2.12. The monoisotopic (exact) mass is 211 g/mol. The third kappa shape index (κ3) is 2.10. The Morgan fingerprint density at radius 3 is 2.57 bits per heavy atom. The summed E-state index contributed by atoms with van der Waals surface area (Å²) < 4.78 is 0. The van der Waals surface area contributed by atoms with Gasteiger partial charge in [-0.15, -0.1) is 0 Å². The van der Waals surface area contributed by atoms with E-state index in [0.717, 1.165) is 18.9 Å². The number of aromatic nitrogens is 1. The van der Waals surface area contributed by atoms with Crippen LogP contribution >= 0.6 is 11.6 Å². The van der Waals surface area contributed by atoms with E-state index in [1.807, 2.05) is 6.07 Å². The summed E-state index contributed by atoms with van der Waals surface area (Å²) in [7, 11) is 0. The van der Waals surface area contributed by atoms with Gasteiger partial charge < -0.3 is 10.6 Å². The van der Waals surface area contributed by atoms with Gasteiger partial charge in [0.05, 0.1) is 0 Å². The highest BCUT2D eigenvalue weighted by atomic mass is 35.5. The van der Waals surface area contributed by atoms with Gasteiger partial charge in [-0.05, 0) is 25.3 Å². The minimum atomic E-state index is 0.477. The highest BCUT2D eigenvalue weighted by molar-refractivity contribution is 6.29. The first-order chi connectivity index (χ1) is 6.75. The molecule has 1 saturated heterocycles. The largest absolute Gasteiger partial charge is 0.399 e. The Bertz CT molecular complexity index is 301. The Morgan fingerprint density at radius 1 is 1.21 bits per heavy atom. The lowest BCUT2D eigenvalue weighted by Crippen LogP contribution is -2.30. The lowest BCUT2D eigenvalue weighted by molar-refractivity contribution is 0.573. The standard InChI is InChI=1S/C10H14ClN3/c11-9-6-8(12)7-10(13-9)14-4-2-1-3-5-14/h6-7H,1-5H2,(H2,12,13). The number of nitrogen functional groups attached to an aromatic ring is 1. The molecular weight excluding hydrogens is 198 g/mol.